The maximum atomic E-state index is 11.3. The first-order valence-corrected chi connectivity index (χ1v) is 8.85. The lowest BCUT2D eigenvalue weighted by Crippen LogP contribution is -2.37. The van der Waals surface area contributed by atoms with Gasteiger partial charge in [-0.2, -0.15) is 0 Å². The van der Waals surface area contributed by atoms with Gasteiger partial charge in [-0.1, -0.05) is 39.0 Å². The van der Waals surface area contributed by atoms with Crippen LogP contribution in [0.15, 0.2) is 30.3 Å². The molecule has 2 N–H and O–H groups in total. The molecule has 2 unspecified atom stereocenters. The highest BCUT2D eigenvalue weighted by atomic mass is 16.6. The van der Waals surface area contributed by atoms with Gasteiger partial charge in [0.25, 0.3) is 0 Å². The quantitative estimate of drug-likeness (QED) is 0.757. The monoisotopic (exact) mass is 367 g/mol. The first-order chi connectivity index (χ1) is 12.0. The molecule has 0 fully saturated rings. The largest absolute Gasteiger partial charge is 0.486 e. The van der Waals surface area contributed by atoms with E-state index in [-0.39, 0.29) is 24.1 Å². The Labute approximate surface area is 157 Å². The second-order valence-electron chi connectivity index (χ2n) is 7.22. The molecule has 148 valence electrons. The van der Waals surface area contributed by atoms with Crippen molar-refractivity contribution < 1.29 is 23.8 Å². The number of nitrogens with two attached hydrogens (primary N) is 1. The fourth-order valence-corrected chi connectivity index (χ4v) is 2.09. The van der Waals surface area contributed by atoms with Crippen molar-refractivity contribution in [3.63, 3.8) is 0 Å². The summed E-state index contributed by atoms with van der Waals surface area (Å²) in [6.45, 7) is 13.1. The molecule has 1 rings (SSSR count). The van der Waals surface area contributed by atoms with Gasteiger partial charge in [0.2, 0.25) is 0 Å². The Morgan fingerprint density at radius 2 is 1.62 bits per heavy atom. The zero-order valence-corrected chi connectivity index (χ0v) is 16.9. The summed E-state index contributed by atoms with van der Waals surface area (Å²) in [4.78, 5) is 21.3. The van der Waals surface area contributed by atoms with E-state index in [1.165, 1.54) is 0 Å². The van der Waals surface area contributed by atoms with E-state index in [4.69, 9.17) is 15.2 Å². The zero-order chi connectivity index (χ0) is 20.3. The fraction of sp³-hybridized carbons (Fsp3) is 0.600. The van der Waals surface area contributed by atoms with Crippen molar-refractivity contribution in [1.29, 1.82) is 0 Å². The first kappa shape index (κ1) is 23.8. The van der Waals surface area contributed by atoms with Crippen LogP contribution in [0.4, 0.5) is 4.79 Å². The Kier molecular flexibility index (Phi) is 10.4. The third-order valence-corrected chi connectivity index (χ3v) is 3.15. The van der Waals surface area contributed by atoms with Gasteiger partial charge < -0.3 is 19.9 Å². The van der Waals surface area contributed by atoms with Crippen molar-refractivity contribution >= 4 is 12.1 Å². The van der Waals surface area contributed by atoms with Crippen molar-refractivity contribution in [3.8, 4) is 5.75 Å². The summed E-state index contributed by atoms with van der Waals surface area (Å²) in [5, 5.41) is 0. The molecule has 0 aliphatic rings. The molecule has 0 bridgehead atoms. The predicted octanol–water partition coefficient (Wildman–Crippen LogP) is 4.31. The number of para-hydroxylation sites is 1. The van der Waals surface area contributed by atoms with Gasteiger partial charge in [-0.05, 0) is 45.7 Å². The molecule has 0 spiro atoms. The highest BCUT2D eigenvalue weighted by Gasteiger charge is 2.25. The van der Waals surface area contributed by atoms with Crippen molar-refractivity contribution in [2.45, 2.75) is 72.7 Å². The summed E-state index contributed by atoms with van der Waals surface area (Å²) >= 11 is 0. The van der Waals surface area contributed by atoms with Crippen LogP contribution in [0, 0.1) is 5.92 Å². The Balaban J connectivity index is 0.000000660. The normalized spacial score (nSPS) is 13.1. The van der Waals surface area contributed by atoms with E-state index in [9.17, 15) is 9.59 Å². The van der Waals surface area contributed by atoms with E-state index >= 15 is 0 Å². The van der Waals surface area contributed by atoms with E-state index in [2.05, 4.69) is 18.6 Å². The fourth-order valence-electron chi connectivity index (χ4n) is 2.09. The molecule has 2 atom stereocenters. The van der Waals surface area contributed by atoms with Crippen LogP contribution >= 0.6 is 0 Å². The maximum absolute atomic E-state index is 11.3. The van der Waals surface area contributed by atoms with Gasteiger partial charge in [-0.15, -0.1) is 0 Å². The first-order valence-electron chi connectivity index (χ1n) is 8.85. The Morgan fingerprint density at radius 3 is 1.96 bits per heavy atom. The van der Waals surface area contributed by atoms with Gasteiger partial charge in [0, 0.05) is 6.42 Å². The lowest BCUT2D eigenvalue weighted by atomic mass is 10.0. The molecule has 0 saturated carbocycles. The summed E-state index contributed by atoms with van der Waals surface area (Å²) in [6, 6.07) is 9.61. The number of hydrogen-bond acceptors (Lipinski definition) is 5. The Bertz CT molecular complexity index is 537. The second kappa shape index (κ2) is 11.4. The van der Waals surface area contributed by atoms with Gasteiger partial charge in [0.05, 0.1) is 0 Å². The van der Waals surface area contributed by atoms with Gasteiger partial charge in [0.1, 0.15) is 23.6 Å². The van der Waals surface area contributed by atoms with Crippen molar-refractivity contribution in [1.82, 2.24) is 0 Å². The number of hydrogen-bond donors (Lipinski definition) is 1. The summed E-state index contributed by atoms with van der Waals surface area (Å²) in [5.74, 6) is 0.880. The van der Waals surface area contributed by atoms with E-state index in [1.54, 1.807) is 27.7 Å². The smallest absolute Gasteiger partial charge is 0.405 e. The number of primary amides is 1. The van der Waals surface area contributed by atoms with E-state index in [0.717, 1.165) is 5.75 Å². The van der Waals surface area contributed by atoms with Crippen LogP contribution < -0.4 is 10.5 Å². The zero-order valence-electron chi connectivity index (χ0n) is 16.9. The van der Waals surface area contributed by atoms with Gasteiger partial charge in [-0.25, -0.2) is 4.79 Å². The SMILES string of the molecule is CC(C)(C)OC(N)=O.CCC(=O)OC(C)C(Oc1ccccc1)C(C)C. The summed E-state index contributed by atoms with van der Waals surface area (Å²) in [7, 11) is 0. The van der Waals surface area contributed by atoms with Crippen LogP contribution in [0.5, 0.6) is 5.75 Å². The topological polar surface area (TPSA) is 87.9 Å². The molecule has 0 aromatic heterocycles. The van der Waals surface area contributed by atoms with E-state index in [1.807, 2.05) is 37.3 Å². The minimum absolute atomic E-state index is 0.136. The predicted molar refractivity (Wildman–Crippen MR) is 102 cm³/mol. The second-order valence-corrected chi connectivity index (χ2v) is 7.22. The highest BCUT2D eigenvalue weighted by molar-refractivity contribution is 5.69. The lowest BCUT2D eigenvalue weighted by molar-refractivity contribution is -0.153. The molecular formula is C20H33NO5. The molecule has 6 heteroatoms. The van der Waals surface area contributed by atoms with Gasteiger partial charge in [0.15, 0.2) is 0 Å². The number of carbonyl (C=O) groups is 2. The molecular weight excluding hydrogens is 334 g/mol. The van der Waals surface area contributed by atoms with Gasteiger partial charge >= 0.3 is 12.1 Å². The number of esters is 1. The number of carbonyl (C=O) groups excluding carboxylic acids is 2. The highest BCUT2D eigenvalue weighted by Crippen LogP contribution is 2.19. The molecule has 1 aromatic rings. The molecule has 0 aliphatic heterocycles. The summed E-state index contributed by atoms with van der Waals surface area (Å²) < 4.78 is 15.8. The van der Waals surface area contributed by atoms with Crippen LogP contribution in [0.3, 0.4) is 0 Å². The Hall–Kier alpha value is -2.24. The Morgan fingerprint density at radius 1 is 1.08 bits per heavy atom. The van der Waals surface area contributed by atoms with E-state index in [0.29, 0.717) is 6.42 Å². The standard InChI is InChI=1S/C15H22O3.C5H11NO2/c1-5-14(16)17-12(4)15(11(2)3)18-13-9-7-6-8-10-13;1-5(2,3)8-4(6)7/h6-12,15H,5H2,1-4H3;1-3H3,(H2,6,7). The summed E-state index contributed by atoms with van der Waals surface area (Å²) in [5.41, 5.74) is 4.26. The molecule has 0 radical (unpaired) electrons. The van der Waals surface area contributed by atoms with Gasteiger partial charge in [-0.3, -0.25) is 4.79 Å². The number of rotatable bonds is 6. The average molecular weight is 367 g/mol. The third-order valence-electron chi connectivity index (χ3n) is 3.15. The molecule has 26 heavy (non-hydrogen) atoms. The molecule has 0 heterocycles. The number of amides is 1. The minimum Gasteiger partial charge on any atom is -0.486 e. The number of ether oxygens (including phenoxy) is 3. The van der Waals surface area contributed by atoms with Crippen molar-refractivity contribution in [2.24, 2.45) is 11.7 Å². The number of benzene rings is 1. The van der Waals surface area contributed by atoms with Crippen LogP contribution in [0.25, 0.3) is 0 Å². The molecule has 1 amide bonds. The van der Waals surface area contributed by atoms with Crippen LogP contribution in [0.1, 0.15) is 54.9 Å². The molecule has 1 aromatic carbocycles. The summed E-state index contributed by atoms with van der Waals surface area (Å²) in [6.07, 6.45) is -0.724. The van der Waals surface area contributed by atoms with Crippen LogP contribution in [0.2, 0.25) is 0 Å². The molecule has 0 saturated heterocycles. The third kappa shape index (κ3) is 11.3. The maximum Gasteiger partial charge on any atom is 0.405 e. The van der Waals surface area contributed by atoms with Crippen molar-refractivity contribution in [3.05, 3.63) is 30.3 Å². The van der Waals surface area contributed by atoms with Crippen LogP contribution in [-0.2, 0) is 14.3 Å². The molecule has 0 aliphatic carbocycles. The van der Waals surface area contributed by atoms with Crippen LogP contribution in [-0.4, -0.2) is 29.9 Å². The average Bonchev–Trinajstić information content (AvgIpc) is 2.51. The molecule has 6 nitrogen and oxygen atoms in total. The van der Waals surface area contributed by atoms with E-state index < -0.39 is 11.7 Å². The van der Waals surface area contributed by atoms with Crippen molar-refractivity contribution in [2.75, 3.05) is 0 Å². The lowest BCUT2D eigenvalue weighted by Gasteiger charge is -2.28. The minimum atomic E-state index is -0.725.